The Morgan fingerprint density at radius 3 is 2.55 bits per heavy atom. The molecule has 2 fully saturated rings. The first kappa shape index (κ1) is 14.3. The fourth-order valence-electron chi connectivity index (χ4n) is 3.43. The molecule has 1 aliphatic heterocycles. The van der Waals surface area contributed by atoms with Crippen molar-refractivity contribution >= 4 is 35.0 Å². The summed E-state index contributed by atoms with van der Waals surface area (Å²) in [6.45, 7) is 2.27. The predicted molar refractivity (Wildman–Crippen MR) is 86.4 cm³/mol. The van der Waals surface area contributed by atoms with Gasteiger partial charge in [-0.3, -0.25) is 9.69 Å². The van der Waals surface area contributed by atoms with Gasteiger partial charge < -0.3 is 0 Å². The number of carbonyl (C=O) groups excluding carboxylic acids is 1. The third-order valence-corrected chi connectivity index (χ3v) is 6.44. The molecule has 1 aromatic rings. The highest BCUT2D eigenvalue weighted by molar-refractivity contribution is 8.02. The number of amides is 1. The van der Waals surface area contributed by atoms with Gasteiger partial charge in [-0.15, -0.1) is 11.8 Å². The van der Waals surface area contributed by atoms with Gasteiger partial charge in [0.2, 0.25) is 5.91 Å². The highest BCUT2D eigenvalue weighted by Crippen LogP contribution is 2.50. The number of nitrogens with zero attached hydrogens (tertiary/aromatic N) is 1. The Kier molecular flexibility index (Phi) is 4.00. The minimum Gasteiger partial charge on any atom is -0.297 e. The Labute approximate surface area is 129 Å². The Balaban J connectivity index is 1.87. The highest BCUT2D eigenvalue weighted by atomic mass is 35.5. The fourth-order valence-corrected chi connectivity index (χ4v) is 4.93. The van der Waals surface area contributed by atoms with Crippen LogP contribution in [0.15, 0.2) is 24.3 Å². The molecule has 1 spiro atoms. The van der Waals surface area contributed by atoms with Crippen LogP contribution in [0.3, 0.4) is 0 Å². The predicted octanol–water partition coefficient (Wildman–Crippen LogP) is 4.72. The zero-order valence-electron chi connectivity index (χ0n) is 11.8. The second kappa shape index (κ2) is 5.61. The summed E-state index contributed by atoms with van der Waals surface area (Å²) in [5.41, 5.74) is 0.999. The molecule has 1 aromatic carbocycles. The van der Waals surface area contributed by atoms with Crippen molar-refractivity contribution < 1.29 is 4.79 Å². The standard InChI is InChI=1S/C16H20ClNOS/c1-2-12-7-9-16(10-8-12)18(15(19)11-20-16)14-5-3-13(17)4-6-14/h3-6,12H,2,7-11H2,1H3. The van der Waals surface area contributed by atoms with Crippen LogP contribution in [-0.4, -0.2) is 16.5 Å². The van der Waals surface area contributed by atoms with Crippen molar-refractivity contribution in [2.24, 2.45) is 5.92 Å². The largest absolute Gasteiger partial charge is 0.297 e. The molecule has 0 aromatic heterocycles. The molecule has 4 heteroatoms. The van der Waals surface area contributed by atoms with E-state index in [4.69, 9.17) is 11.6 Å². The van der Waals surface area contributed by atoms with Gasteiger partial charge in [0, 0.05) is 10.7 Å². The summed E-state index contributed by atoms with van der Waals surface area (Å²) in [4.78, 5) is 14.4. The summed E-state index contributed by atoms with van der Waals surface area (Å²) in [6.07, 6.45) is 5.96. The Morgan fingerprint density at radius 2 is 1.95 bits per heavy atom. The van der Waals surface area contributed by atoms with Gasteiger partial charge >= 0.3 is 0 Å². The van der Waals surface area contributed by atoms with E-state index in [1.807, 2.05) is 40.9 Å². The molecule has 1 saturated carbocycles. The van der Waals surface area contributed by atoms with Gasteiger partial charge in [0.1, 0.15) is 0 Å². The van der Waals surface area contributed by atoms with Crippen LogP contribution in [0.2, 0.25) is 5.02 Å². The molecule has 1 heterocycles. The second-order valence-corrected chi connectivity index (χ2v) is 7.57. The monoisotopic (exact) mass is 309 g/mol. The van der Waals surface area contributed by atoms with Gasteiger partial charge in [-0.2, -0.15) is 0 Å². The average molecular weight is 310 g/mol. The lowest BCUT2D eigenvalue weighted by Crippen LogP contribution is -2.47. The number of rotatable bonds is 2. The molecular weight excluding hydrogens is 290 g/mol. The third kappa shape index (κ3) is 2.46. The van der Waals surface area contributed by atoms with E-state index in [1.54, 1.807) is 0 Å². The number of benzene rings is 1. The zero-order chi connectivity index (χ0) is 14.2. The molecule has 1 saturated heterocycles. The number of hydrogen-bond donors (Lipinski definition) is 0. The van der Waals surface area contributed by atoms with E-state index in [1.165, 1.54) is 19.3 Å². The molecule has 0 N–H and O–H groups in total. The third-order valence-electron chi connectivity index (χ3n) is 4.67. The number of thioether (sulfide) groups is 1. The highest BCUT2D eigenvalue weighted by Gasteiger charge is 2.48. The van der Waals surface area contributed by atoms with Gasteiger partial charge in [-0.1, -0.05) is 24.9 Å². The van der Waals surface area contributed by atoms with Crippen LogP contribution in [0.5, 0.6) is 0 Å². The molecule has 1 aliphatic carbocycles. The molecule has 1 amide bonds. The average Bonchev–Trinajstić information content (AvgIpc) is 2.78. The van der Waals surface area contributed by atoms with Gasteiger partial charge in [0.05, 0.1) is 10.6 Å². The van der Waals surface area contributed by atoms with E-state index in [2.05, 4.69) is 6.92 Å². The molecule has 2 aliphatic rings. The van der Waals surface area contributed by atoms with E-state index >= 15 is 0 Å². The van der Waals surface area contributed by atoms with Crippen LogP contribution >= 0.6 is 23.4 Å². The van der Waals surface area contributed by atoms with Gasteiger partial charge in [0.15, 0.2) is 0 Å². The SMILES string of the molecule is CCC1CCC2(CC1)SCC(=O)N2c1ccc(Cl)cc1. The first-order chi connectivity index (χ1) is 9.64. The maximum Gasteiger partial charge on any atom is 0.238 e. The van der Waals surface area contributed by atoms with Crippen molar-refractivity contribution in [3.05, 3.63) is 29.3 Å². The number of hydrogen-bond acceptors (Lipinski definition) is 2. The molecule has 3 rings (SSSR count). The van der Waals surface area contributed by atoms with Crippen LogP contribution in [0.25, 0.3) is 0 Å². The minimum absolute atomic E-state index is 0.00339. The van der Waals surface area contributed by atoms with E-state index in [0.29, 0.717) is 5.75 Å². The summed E-state index contributed by atoms with van der Waals surface area (Å²) in [5.74, 6) is 1.69. The molecule has 108 valence electrons. The molecule has 0 radical (unpaired) electrons. The van der Waals surface area contributed by atoms with Crippen molar-refractivity contribution in [1.82, 2.24) is 0 Å². The van der Waals surface area contributed by atoms with E-state index in [9.17, 15) is 4.79 Å². The van der Waals surface area contributed by atoms with Crippen LogP contribution in [0, 0.1) is 5.92 Å². The minimum atomic E-state index is -0.00339. The van der Waals surface area contributed by atoms with Gasteiger partial charge in [0.25, 0.3) is 0 Å². The van der Waals surface area contributed by atoms with Crippen LogP contribution in [-0.2, 0) is 4.79 Å². The van der Waals surface area contributed by atoms with Crippen molar-refractivity contribution in [2.75, 3.05) is 10.7 Å². The smallest absolute Gasteiger partial charge is 0.238 e. The molecule has 0 bridgehead atoms. The van der Waals surface area contributed by atoms with E-state index < -0.39 is 0 Å². The summed E-state index contributed by atoms with van der Waals surface area (Å²) < 4.78 is 0. The molecular formula is C16H20ClNOS. The van der Waals surface area contributed by atoms with Crippen LogP contribution < -0.4 is 4.90 Å². The quantitative estimate of drug-likeness (QED) is 0.788. The summed E-state index contributed by atoms with van der Waals surface area (Å²) in [6, 6.07) is 7.69. The molecule has 20 heavy (non-hydrogen) atoms. The lowest BCUT2D eigenvalue weighted by Gasteiger charge is -2.42. The maximum atomic E-state index is 12.4. The molecule has 0 atom stereocenters. The number of anilines is 1. The summed E-state index contributed by atoms with van der Waals surface area (Å²) in [7, 11) is 0. The van der Waals surface area contributed by atoms with Crippen molar-refractivity contribution in [2.45, 2.75) is 43.9 Å². The Hall–Kier alpha value is -0.670. The summed E-state index contributed by atoms with van der Waals surface area (Å²) >= 11 is 7.80. The number of carbonyl (C=O) groups is 1. The van der Waals surface area contributed by atoms with Gasteiger partial charge in [-0.05, 0) is 55.9 Å². The normalized spacial score (nSPS) is 30.2. The topological polar surface area (TPSA) is 20.3 Å². The van der Waals surface area contributed by atoms with Crippen molar-refractivity contribution in [3.8, 4) is 0 Å². The van der Waals surface area contributed by atoms with Crippen molar-refractivity contribution in [1.29, 1.82) is 0 Å². The van der Waals surface area contributed by atoms with Crippen molar-refractivity contribution in [3.63, 3.8) is 0 Å². The van der Waals surface area contributed by atoms with Gasteiger partial charge in [-0.25, -0.2) is 0 Å². The maximum absolute atomic E-state index is 12.4. The Bertz CT molecular complexity index is 494. The molecule has 0 unspecified atom stereocenters. The lowest BCUT2D eigenvalue weighted by molar-refractivity contribution is -0.116. The fraction of sp³-hybridized carbons (Fsp3) is 0.562. The van der Waals surface area contributed by atoms with E-state index in [0.717, 1.165) is 29.5 Å². The van der Waals surface area contributed by atoms with Crippen LogP contribution in [0.4, 0.5) is 5.69 Å². The van der Waals surface area contributed by atoms with Crippen LogP contribution in [0.1, 0.15) is 39.0 Å². The zero-order valence-corrected chi connectivity index (χ0v) is 13.3. The number of halogens is 1. The first-order valence-electron chi connectivity index (χ1n) is 7.37. The van der Waals surface area contributed by atoms with E-state index in [-0.39, 0.29) is 10.8 Å². The second-order valence-electron chi connectivity index (χ2n) is 5.79. The molecule has 2 nitrogen and oxygen atoms in total. The lowest BCUT2D eigenvalue weighted by atomic mass is 9.83. The summed E-state index contributed by atoms with van der Waals surface area (Å²) in [5, 5.41) is 0.719. The Morgan fingerprint density at radius 1 is 1.30 bits per heavy atom. The first-order valence-corrected chi connectivity index (χ1v) is 8.73.